The fourth-order valence-corrected chi connectivity index (χ4v) is 2.11. The van der Waals surface area contributed by atoms with Gasteiger partial charge in [-0.25, -0.2) is 4.98 Å². The number of hydrogen-bond acceptors (Lipinski definition) is 7. The van der Waals surface area contributed by atoms with Crippen LogP contribution in [0.15, 0.2) is 28.7 Å². The van der Waals surface area contributed by atoms with Gasteiger partial charge in [-0.05, 0) is 32.9 Å². The number of fused-ring (bicyclic) bond motifs is 1. The zero-order valence-electron chi connectivity index (χ0n) is 13.7. The molecule has 0 radical (unpaired) electrons. The predicted molar refractivity (Wildman–Crippen MR) is 83.3 cm³/mol. The molecule has 0 saturated carbocycles. The van der Waals surface area contributed by atoms with Gasteiger partial charge in [-0.15, -0.1) is 0 Å². The molecule has 0 saturated heterocycles. The summed E-state index contributed by atoms with van der Waals surface area (Å²) in [5.74, 6) is -2.03. The van der Waals surface area contributed by atoms with Crippen LogP contribution in [-0.4, -0.2) is 35.4 Å². The molecule has 2 unspecified atom stereocenters. The zero-order valence-corrected chi connectivity index (χ0v) is 13.7. The molecular formula is C16H22N2O5. The van der Waals surface area contributed by atoms with Crippen molar-refractivity contribution in [3.8, 4) is 0 Å². The first-order valence-corrected chi connectivity index (χ1v) is 7.24. The number of nitrogens with zero attached hydrogens (tertiary/aromatic N) is 1. The van der Waals surface area contributed by atoms with E-state index in [-0.39, 0.29) is 12.5 Å². The third-order valence-corrected chi connectivity index (χ3v) is 3.19. The monoisotopic (exact) mass is 322 g/mol. The molecule has 0 aliphatic heterocycles. The average Bonchev–Trinajstić information content (AvgIpc) is 2.87. The molecule has 126 valence electrons. The van der Waals surface area contributed by atoms with Crippen molar-refractivity contribution in [2.75, 3.05) is 13.7 Å². The lowest BCUT2D eigenvalue weighted by atomic mass is 9.96. The van der Waals surface area contributed by atoms with Crippen LogP contribution in [0.5, 0.6) is 0 Å². The Morgan fingerprint density at radius 1 is 1.39 bits per heavy atom. The molecule has 0 aliphatic carbocycles. The molecule has 1 aromatic heterocycles. The second-order valence-corrected chi connectivity index (χ2v) is 6.35. The van der Waals surface area contributed by atoms with Gasteiger partial charge in [0.2, 0.25) is 11.6 Å². The van der Waals surface area contributed by atoms with Crippen molar-refractivity contribution in [2.45, 2.75) is 32.1 Å². The fourth-order valence-electron chi connectivity index (χ4n) is 2.11. The summed E-state index contributed by atoms with van der Waals surface area (Å²) in [7, 11) is 1.40. The number of ether oxygens (including phenoxy) is 2. The highest BCUT2D eigenvalue weighted by atomic mass is 16.6. The molecule has 0 aliphatic rings. The minimum atomic E-state index is -2.16. The molecule has 3 N–H and O–H groups in total. The first-order chi connectivity index (χ1) is 10.6. The van der Waals surface area contributed by atoms with E-state index in [0.717, 1.165) is 0 Å². The lowest BCUT2D eigenvalue weighted by Crippen LogP contribution is -2.51. The molecule has 0 fully saturated rings. The SMILES string of the molecule is COCC(C(=O)OC(C)(C)C)C(N)(O)c1nc2ccccc2o1. The van der Waals surface area contributed by atoms with Gasteiger partial charge < -0.3 is 19.0 Å². The molecule has 0 bridgehead atoms. The van der Waals surface area contributed by atoms with Crippen LogP contribution in [-0.2, 0) is 20.0 Å². The molecule has 0 amide bonds. The lowest BCUT2D eigenvalue weighted by molar-refractivity contribution is -0.176. The molecule has 2 aromatic rings. The Hall–Kier alpha value is -1.96. The Morgan fingerprint density at radius 2 is 2.04 bits per heavy atom. The number of carbonyl (C=O) groups is 1. The van der Waals surface area contributed by atoms with Gasteiger partial charge in [-0.2, -0.15) is 0 Å². The van der Waals surface area contributed by atoms with E-state index in [9.17, 15) is 9.90 Å². The minimum absolute atomic E-state index is 0.138. The number of hydrogen-bond donors (Lipinski definition) is 2. The molecule has 1 aromatic carbocycles. The summed E-state index contributed by atoms with van der Waals surface area (Å²) in [5, 5.41) is 10.7. The van der Waals surface area contributed by atoms with Crippen molar-refractivity contribution in [3.63, 3.8) is 0 Å². The second kappa shape index (κ2) is 6.27. The van der Waals surface area contributed by atoms with Crippen LogP contribution in [0, 0.1) is 5.92 Å². The van der Waals surface area contributed by atoms with Crippen LogP contribution in [0.1, 0.15) is 26.7 Å². The standard InChI is InChI=1S/C16H22N2O5/c1-15(2,3)23-13(19)10(9-21-4)16(17,20)14-18-11-7-5-6-8-12(11)22-14/h5-8,10,20H,9,17H2,1-4H3. The third kappa shape index (κ3) is 3.87. The van der Waals surface area contributed by atoms with Gasteiger partial charge in [-0.3, -0.25) is 10.5 Å². The number of oxazole rings is 1. The van der Waals surface area contributed by atoms with E-state index < -0.39 is 23.2 Å². The van der Waals surface area contributed by atoms with Gasteiger partial charge in [0.1, 0.15) is 17.0 Å². The first-order valence-electron chi connectivity index (χ1n) is 7.24. The average molecular weight is 322 g/mol. The van der Waals surface area contributed by atoms with Gasteiger partial charge in [0.05, 0.1) is 6.61 Å². The number of nitrogens with two attached hydrogens (primary N) is 1. The lowest BCUT2D eigenvalue weighted by Gasteiger charge is -2.30. The number of methoxy groups -OCH3 is 1. The fraction of sp³-hybridized carbons (Fsp3) is 0.500. The van der Waals surface area contributed by atoms with Crippen LogP contribution >= 0.6 is 0 Å². The van der Waals surface area contributed by atoms with Crippen molar-refractivity contribution in [1.82, 2.24) is 4.98 Å². The zero-order chi connectivity index (χ0) is 17.3. The summed E-state index contributed by atoms with van der Waals surface area (Å²) < 4.78 is 15.8. The van der Waals surface area contributed by atoms with E-state index in [1.165, 1.54) is 7.11 Å². The highest BCUT2D eigenvalue weighted by Gasteiger charge is 2.46. The van der Waals surface area contributed by atoms with Gasteiger partial charge in [-0.1, -0.05) is 12.1 Å². The number of rotatable bonds is 5. The maximum absolute atomic E-state index is 12.4. The Balaban J connectivity index is 2.37. The Bertz CT molecular complexity index is 654. The van der Waals surface area contributed by atoms with Gasteiger partial charge >= 0.3 is 5.97 Å². The summed E-state index contributed by atoms with van der Waals surface area (Å²) in [4.78, 5) is 16.5. The van der Waals surface area contributed by atoms with Gasteiger partial charge in [0.25, 0.3) is 0 Å². The van der Waals surface area contributed by atoms with Crippen LogP contribution in [0.2, 0.25) is 0 Å². The van der Waals surface area contributed by atoms with E-state index in [1.807, 2.05) is 0 Å². The van der Waals surface area contributed by atoms with Crippen molar-refractivity contribution < 1.29 is 23.8 Å². The topological polar surface area (TPSA) is 108 Å². The number of benzene rings is 1. The molecular weight excluding hydrogens is 300 g/mol. The molecule has 7 nitrogen and oxygen atoms in total. The third-order valence-electron chi connectivity index (χ3n) is 3.19. The number of esters is 1. The quantitative estimate of drug-likeness (QED) is 0.635. The Labute approximate surface area is 134 Å². The number of para-hydroxylation sites is 2. The number of aliphatic hydroxyl groups is 1. The smallest absolute Gasteiger partial charge is 0.316 e. The van der Waals surface area contributed by atoms with E-state index >= 15 is 0 Å². The molecule has 2 atom stereocenters. The van der Waals surface area contributed by atoms with Crippen molar-refractivity contribution >= 4 is 17.1 Å². The van der Waals surface area contributed by atoms with Crippen molar-refractivity contribution in [2.24, 2.45) is 11.7 Å². The summed E-state index contributed by atoms with van der Waals surface area (Å²) in [6.45, 7) is 5.04. The number of carbonyl (C=O) groups excluding carboxylic acids is 1. The highest BCUT2D eigenvalue weighted by molar-refractivity contribution is 5.75. The first kappa shape index (κ1) is 17.4. The summed E-state index contributed by atoms with van der Waals surface area (Å²) in [5.41, 5.74) is 4.09. The molecule has 0 spiro atoms. The number of aromatic nitrogens is 1. The van der Waals surface area contributed by atoms with Gasteiger partial charge in [0, 0.05) is 7.11 Å². The highest BCUT2D eigenvalue weighted by Crippen LogP contribution is 2.29. The van der Waals surface area contributed by atoms with Gasteiger partial charge in [0.15, 0.2) is 5.58 Å². The Kier molecular flexibility index (Phi) is 4.74. The second-order valence-electron chi connectivity index (χ2n) is 6.35. The van der Waals surface area contributed by atoms with E-state index in [1.54, 1.807) is 45.0 Å². The predicted octanol–water partition coefficient (Wildman–Crippen LogP) is 1.54. The van der Waals surface area contributed by atoms with Crippen molar-refractivity contribution in [1.29, 1.82) is 0 Å². The summed E-state index contributed by atoms with van der Waals surface area (Å²) in [6.07, 6.45) is 0. The molecule has 2 rings (SSSR count). The molecule has 23 heavy (non-hydrogen) atoms. The maximum atomic E-state index is 12.4. The Morgan fingerprint density at radius 3 is 2.61 bits per heavy atom. The van der Waals surface area contributed by atoms with Crippen LogP contribution < -0.4 is 5.73 Å². The largest absolute Gasteiger partial charge is 0.460 e. The van der Waals surface area contributed by atoms with E-state index in [4.69, 9.17) is 19.6 Å². The minimum Gasteiger partial charge on any atom is -0.460 e. The molecule has 7 heteroatoms. The van der Waals surface area contributed by atoms with E-state index in [2.05, 4.69) is 4.98 Å². The maximum Gasteiger partial charge on any atom is 0.316 e. The summed E-state index contributed by atoms with van der Waals surface area (Å²) in [6, 6.07) is 6.97. The van der Waals surface area contributed by atoms with Crippen molar-refractivity contribution in [3.05, 3.63) is 30.2 Å². The normalized spacial score (nSPS) is 16.1. The van der Waals surface area contributed by atoms with E-state index in [0.29, 0.717) is 11.1 Å². The van der Waals surface area contributed by atoms with Crippen LogP contribution in [0.4, 0.5) is 0 Å². The molecule has 1 heterocycles. The summed E-state index contributed by atoms with van der Waals surface area (Å²) >= 11 is 0. The van der Waals surface area contributed by atoms with Crippen LogP contribution in [0.25, 0.3) is 11.1 Å². The van der Waals surface area contributed by atoms with Crippen LogP contribution in [0.3, 0.4) is 0 Å².